The van der Waals surface area contributed by atoms with Crippen LogP contribution in [0.25, 0.3) is 0 Å². The Bertz CT molecular complexity index is 369. The lowest BCUT2D eigenvalue weighted by Gasteiger charge is -2.23. The van der Waals surface area contributed by atoms with E-state index in [2.05, 4.69) is 57.3 Å². The van der Waals surface area contributed by atoms with E-state index in [-0.39, 0.29) is 0 Å². The Kier molecular flexibility index (Phi) is 8.40. The quantitative estimate of drug-likeness (QED) is 0.702. The van der Waals surface area contributed by atoms with Gasteiger partial charge < -0.3 is 14.8 Å². The number of ether oxygens (including phenoxy) is 2. The maximum Gasteiger partial charge on any atom is 0.119 e. The van der Waals surface area contributed by atoms with E-state index >= 15 is 0 Å². The van der Waals surface area contributed by atoms with E-state index in [4.69, 9.17) is 9.47 Å². The van der Waals surface area contributed by atoms with Crippen molar-refractivity contribution in [1.82, 2.24) is 5.32 Å². The normalized spacial score (nSPS) is 14.2. The Morgan fingerprint density at radius 2 is 1.71 bits per heavy atom. The van der Waals surface area contributed by atoms with Crippen molar-refractivity contribution < 1.29 is 9.47 Å². The minimum Gasteiger partial charge on any atom is -0.493 e. The molecule has 2 unspecified atom stereocenters. The number of hydrogen-bond donors (Lipinski definition) is 1. The summed E-state index contributed by atoms with van der Waals surface area (Å²) in [6, 6.07) is 9.12. The Morgan fingerprint density at radius 1 is 1.05 bits per heavy atom. The maximum absolute atomic E-state index is 5.72. The molecule has 0 radical (unpaired) electrons. The molecule has 1 N–H and O–H groups in total. The number of rotatable bonds is 10. The van der Waals surface area contributed by atoms with Crippen LogP contribution in [0.4, 0.5) is 0 Å². The van der Waals surface area contributed by atoms with Gasteiger partial charge in [-0.05, 0) is 37.0 Å². The van der Waals surface area contributed by atoms with Crippen LogP contribution in [0.1, 0.15) is 52.1 Å². The summed E-state index contributed by atoms with van der Waals surface area (Å²) in [7, 11) is 1.76. The van der Waals surface area contributed by atoms with Crippen molar-refractivity contribution >= 4 is 0 Å². The molecule has 0 aliphatic carbocycles. The van der Waals surface area contributed by atoms with Gasteiger partial charge in [0.15, 0.2) is 0 Å². The molecule has 0 fully saturated rings. The first-order chi connectivity index (χ1) is 10.1. The summed E-state index contributed by atoms with van der Waals surface area (Å²) in [5.74, 6) is 1.50. The first-order valence-corrected chi connectivity index (χ1v) is 8.04. The van der Waals surface area contributed by atoms with Crippen LogP contribution in [0, 0.1) is 5.92 Å². The molecular weight excluding hydrogens is 262 g/mol. The second-order valence-electron chi connectivity index (χ2n) is 6.10. The van der Waals surface area contributed by atoms with E-state index in [1.807, 2.05) is 0 Å². The molecule has 0 aliphatic heterocycles. The van der Waals surface area contributed by atoms with Crippen LogP contribution in [0.2, 0.25) is 0 Å². The van der Waals surface area contributed by atoms with Crippen molar-refractivity contribution in [3.8, 4) is 5.75 Å². The fourth-order valence-corrected chi connectivity index (χ4v) is 2.33. The van der Waals surface area contributed by atoms with Crippen LogP contribution in [-0.4, -0.2) is 26.4 Å². The van der Waals surface area contributed by atoms with Crippen LogP contribution in [0.5, 0.6) is 5.75 Å². The molecule has 2 atom stereocenters. The molecule has 1 aromatic rings. The Balaban J connectivity index is 2.55. The lowest BCUT2D eigenvalue weighted by molar-refractivity contribution is 0.157. The van der Waals surface area contributed by atoms with Crippen molar-refractivity contribution in [2.45, 2.75) is 52.6 Å². The molecule has 0 spiro atoms. The third kappa shape index (κ3) is 6.96. The van der Waals surface area contributed by atoms with Gasteiger partial charge in [-0.1, -0.05) is 39.3 Å². The van der Waals surface area contributed by atoms with Gasteiger partial charge in [0.1, 0.15) is 5.75 Å². The van der Waals surface area contributed by atoms with Gasteiger partial charge in [0, 0.05) is 19.2 Å². The van der Waals surface area contributed by atoms with E-state index in [9.17, 15) is 0 Å². The van der Waals surface area contributed by atoms with Crippen LogP contribution in [0.15, 0.2) is 24.3 Å². The van der Waals surface area contributed by atoms with Crippen molar-refractivity contribution in [2.75, 3.05) is 20.3 Å². The van der Waals surface area contributed by atoms with Gasteiger partial charge in [0.25, 0.3) is 0 Å². The second kappa shape index (κ2) is 9.80. The minimum absolute atomic E-state index is 0.316. The first kappa shape index (κ1) is 18.0. The summed E-state index contributed by atoms with van der Waals surface area (Å²) in [6.07, 6.45) is 2.30. The van der Waals surface area contributed by atoms with Gasteiger partial charge in [-0.2, -0.15) is 0 Å². The molecule has 0 saturated carbocycles. The SMILES string of the molecule is CCCC(COC)NC(C)c1ccc(OCC(C)C)cc1. The highest BCUT2D eigenvalue weighted by Gasteiger charge is 2.12. The van der Waals surface area contributed by atoms with Gasteiger partial charge in [-0.25, -0.2) is 0 Å². The molecule has 0 amide bonds. The summed E-state index contributed by atoms with van der Waals surface area (Å²) >= 11 is 0. The molecule has 21 heavy (non-hydrogen) atoms. The fraction of sp³-hybridized carbons (Fsp3) is 0.667. The lowest BCUT2D eigenvalue weighted by atomic mass is 10.1. The highest BCUT2D eigenvalue weighted by atomic mass is 16.5. The summed E-state index contributed by atoms with van der Waals surface area (Å²) in [5, 5.41) is 3.64. The van der Waals surface area contributed by atoms with Crippen LogP contribution < -0.4 is 10.1 Å². The zero-order valence-electron chi connectivity index (χ0n) is 14.2. The number of benzene rings is 1. The fourth-order valence-electron chi connectivity index (χ4n) is 2.33. The Labute approximate surface area is 130 Å². The zero-order chi connectivity index (χ0) is 15.7. The van der Waals surface area contributed by atoms with E-state index < -0.39 is 0 Å². The standard InChI is InChI=1S/C18H31NO2/c1-6-7-17(13-20-5)19-15(4)16-8-10-18(11-9-16)21-12-14(2)3/h8-11,14-15,17,19H,6-7,12-13H2,1-5H3. The maximum atomic E-state index is 5.72. The summed E-state index contributed by atoms with van der Waals surface area (Å²) in [5.41, 5.74) is 1.28. The molecule has 3 heteroatoms. The van der Waals surface area contributed by atoms with Crippen molar-refractivity contribution in [3.05, 3.63) is 29.8 Å². The molecule has 0 saturated heterocycles. The third-order valence-electron chi connectivity index (χ3n) is 3.45. The Hall–Kier alpha value is -1.06. The topological polar surface area (TPSA) is 30.5 Å². The number of nitrogens with one attached hydrogen (secondary N) is 1. The van der Waals surface area contributed by atoms with Crippen molar-refractivity contribution in [2.24, 2.45) is 5.92 Å². The Morgan fingerprint density at radius 3 is 2.24 bits per heavy atom. The summed E-state index contributed by atoms with van der Waals surface area (Å²) in [6.45, 7) is 10.2. The smallest absolute Gasteiger partial charge is 0.119 e. The highest BCUT2D eigenvalue weighted by Crippen LogP contribution is 2.19. The largest absolute Gasteiger partial charge is 0.493 e. The average molecular weight is 293 g/mol. The summed E-state index contributed by atoms with van der Waals surface area (Å²) in [4.78, 5) is 0. The lowest BCUT2D eigenvalue weighted by Crippen LogP contribution is -2.35. The minimum atomic E-state index is 0.316. The predicted octanol–water partition coefficient (Wildman–Crippen LogP) is 4.19. The van der Waals surface area contributed by atoms with Crippen molar-refractivity contribution in [1.29, 1.82) is 0 Å². The molecular formula is C18H31NO2. The molecule has 1 rings (SSSR count). The molecule has 0 bridgehead atoms. The van der Waals surface area contributed by atoms with Gasteiger partial charge in [-0.15, -0.1) is 0 Å². The van der Waals surface area contributed by atoms with E-state index in [1.54, 1.807) is 7.11 Å². The number of hydrogen-bond acceptors (Lipinski definition) is 3. The molecule has 3 nitrogen and oxygen atoms in total. The molecule has 0 aromatic heterocycles. The van der Waals surface area contributed by atoms with Gasteiger partial charge >= 0.3 is 0 Å². The molecule has 120 valence electrons. The number of methoxy groups -OCH3 is 1. The second-order valence-corrected chi connectivity index (χ2v) is 6.10. The van der Waals surface area contributed by atoms with Gasteiger partial charge in [0.05, 0.1) is 13.2 Å². The van der Waals surface area contributed by atoms with Crippen LogP contribution in [-0.2, 0) is 4.74 Å². The van der Waals surface area contributed by atoms with Crippen LogP contribution >= 0.6 is 0 Å². The van der Waals surface area contributed by atoms with Crippen LogP contribution in [0.3, 0.4) is 0 Å². The summed E-state index contributed by atoms with van der Waals surface area (Å²) < 4.78 is 11.0. The van der Waals surface area contributed by atoms with Crippen molar-refractivity contribution in [3.63, 3.8) is 0 Å². The van der Waals surface area contributed by atoms with Gasteiger partial charge in [-0.3, -0.25) is 0 Å². The third-order valence-corrected chi connectivity index (χ3v) is 3.45. The van der Waals surface area contributed by atoms with E-state index in [1.165, 1.54) is 5.56 Å². The van der Waals surface area contributed by atoms with E-state index in [0.717, 1.165) is 31.8 Å². The average Bonchev–Trinajstić information content (AvgIpc) is 2.46. The first-order valence-electron chi connectivity index (χ1n) is 8.04. The van der Waals surface area contributed by atoms with Gasteiger partial charge in [0.2, 0.25) is 0 Å². The zero-order valence-corrected chi connectivity index (χ0v) is 14.2. The highest BCUT2D eigenvalue weighted by molar-refractivity contribution is 5.29. The molecule has 0 aliphatic rings. The molecule has 0 heterocycles. The van der Waals surface area contributed by atoms with E-state index in [0.29, 0.717) is 18.0 Å². The monoisotopic (exact) mass is 293 g/mol. The predicted molar refractivity (Wildman–Crippen MR) is 88.9 cm³/mol. The molecule has 1 aromatic carbocycles.